The number of rotatable bonds is 5. The van der Waals surface area contributed by atoms with Crippen LogP contribution in [0.5, 0.6) is 0 Å². The van der Waals surface area contributed by atoms with Crippen molar-refractivity contribution in [3.05, 3.63) is 39.9 Å². The van der Waals surface area contributed by atoms with Gasteiger partial charge in [-0.05, 0) is 19.1 Å². The van der Waals surface area contributed by atoms with E-state index >= 15 is 0 Å². The lowest BCUT2D eigenvalue weighted by atomic mass is 10.4. The van der Waals surface area contributed by atoms with Gasteiger partial charge in [-0.25, -0.2) is 4.99 Å². The van der Waals surface area contributed by atoms with Gasteiger partial charge in [-0.15, -0.1) is 24.0 Å². The summed E-state index contributed by atoms with van der Waals surface area (Å²) in [6.07, 6.45) is 1.77. The molecule has 128 valence electrons. The lowest BCUT2D eigenvalue weighted by molar-refractivity contribution is 0.684. The monoisotopic (exact) mass is 470 g/mol. The summed E-state index contributed by atoms with van der Waals surface area (Å²) >= 11 is 12.1. The van der Waals surface area contributed by atoms with E-state index in [4.69, 9.17) is 23.2 Å². The normalized spacial score (nSPS) is 11.3. The predicted molar refractivity (Wildman–Crippen MR) is 106 cm³/mol. The Morgan fingerprint density at radius 2 is 2.00 bits per heavy atom. The average Bonchev–Trinajstić information content (AvgIpc) is 3.01. The molecule has 2 heterocycles. The van der Waals surface area contributed by atoms with E-state index < -0.39 is 0 Å². The van der Waals surface area contributed by atoms with Crippen LogP contribution in [0.4, 0.5) is 0 Å². The SMILES string of the molecule is CCNC(=NCc1cc(Cl)c(Cl)n1C)NCc1ccnn1C.I. The molecule has 0 amide bonds. The lowest BCUT2D eigenvalue weighted by Gasteiger charge is -2.11. The number of aliphatic imine (C=N–C) groups is 1. The molecular formula is C14H21Cl2IN6. The summed E-state index contributed by atoms with van der Waals surface area (Å²) in [6, 6.07) is 3.80. The Kier molecular flexibility index (Phi) is 8.21. The van der Waals surface area contributed by atoms with Gasteiger partial charge in [0.15, 0.2) is 5.96 Å². The molecule has 9 heteroatoms. The van der Waals surface area contributed by atoms with Crippen molar-refractivity contribution in [3.63, 3.8) is 0 Å². The molecule has 0 unspecified atom stereocenters. The van der Waals surface area contributed by atoms with Crippen LogP contribution in [-0.2, 0) is 27.2 Å². The Morgan fingerprint density at radius 1 is 1.26 bits per heavy atom. The Morgan fingerprint density at radius 3 is 2.52 bits per heavy atom. The lowest BCUT2D eigenvalue weighted by Crippen LogP contribution is -2.37. The van der Waals surface area contributed by atoms with E-state index in [0.717, 1.165) is 23.9 Å². The Labute approximate surface area is 163 Å². The predicted octanol–water partition coefficient (Wildman–Crippen LogP) is 2.94. The number of aryl methyl sites for hydroxylation is 1. The minimum absolute atomic E-state index is 0. The summed E-state index contributed by atoms with van der Waals surface area (Å²) in [6.45, 7) is 3.95. The molecule has 0 saturated heterocycles. The van der Waals surface area contributed by atoms with Crippen LogP contribution in [0.1, 0.15) is 18.3 Å². The molecule has 0 saturated carbocycles. The minimum Gasteiger partial charge on any atom is -0.357 e. The summed E-state index contributed by atoms with van der Waals surface area (Å²) in [5.41, 5.74) is 2.03. The summed E-state index contributed by atoms with van der Waals surface area (Å²) in [4.78, 5) is 4.55. The third kappa shape index (κ3) is 5.29. The van der Waals surface area contributed by atoms with E-state index in [1.807, 2.05) is 42.4 Å². The number of hydrogen-bond acceptors (Lipinski definition) is 2. The van der Waals surface area contributed by atoms with E-state index in [2.05, 4.69) is 20.7 Å². The third-order valence-electron chi connectivity index (χ3n) is 3.32. The number of nitrogens with one attached hydrogen (secondary N) is 2. The molecule has 0 atom stereocenters. The van der Waals surface area contributed by atoms with Crippen molar-refractivity contribution in [3.8, 4) is 0 Å². The quantitative estimate of drug-likeness (QED) is 0.401. The molecule has 0 radical (unpaired) electrons. The first kappa shape index (κ1) is 20.1. The molecule has 0 aliphatic heterocycles. The standard InChI is InChI=1S/C14H20Cl2N6.HI/c1-4-17-14(18-8-10-5-6-20-22(10)3)19-9-11-7-12(15)13(16)21(11)2;/h5-7H,4,8-9H2,1-3H3,(H2,17,18,19);1H. The fourth-order valence-electron chi connectivity index (χ4n) is 1.99. The highest BCUT2D eigenvalue weighted by Gasteiger charge is 2.08. The van der Waals surface area contributed by atoms with Gasteiger partial charge in [-0.1, -0.05) is 23.2 Å². The Bertz CT molecular complexity index is 664. The fourth-order valence-corrected chi connectivity index (χ4v) is 2.41. The van der Waals surface area contributed by atoms with E-state index in [-0.39, 0.29) is 24.0 Å². The van der Waals surface area contributed by atoms with E-state index in [9.17, 15) is 0 Å². The molecule has 0 aromatic carbocycles. The highest BCUT2D eigenvalue weighted by molar-refractivity contribution is 14.0. The van der Waals surface area contributed by atoms with Crippen molar-refractivity contribution in [1.29, 1.82) is 0 Å². The second-order valence-electron chi connectivity index (χ2n) is 4.83. The summed E-state index contributed by atoms with van der Waals surface area (Å²) in [5.74, 6) is 0.733. The van der Waals surface area contributed by atoms with Crippen molar-refractivity contribution in [1.82, 2.24) is 25.0 Å². The molecule has 2 rings (SSSR count). The zero-order chi connectivity index (χ0) is 16.1. The number of aromatic nitrogens is 3. The Balaban J connectivity index is 0.00000264. The zero-order valence-electron chi connectivity index (χ0n) is 13.3. The van der Waals surface area contributed by atoms with Gasteiger partial charge in [0.1, 0.15) is 5.15 Å². The number of hydrogen-bond donors (Lipinski definition) is 2. The molecular weight excluding hydrogens is 450 g/mol. The van der Waals surface area contributed by atoms with Gasteiger partial charge < -0.3 is 15.2 Å². The van der Waals surface area contributed by atoms with Crippen molar-refractivity contribution >= 4 is 53.1 Å². The van der Waals surface area contributed by atoms with Crippen molar-refractivity contribution in [2.45, 2.75) is 20.0 Å². The van der Waals surface area contributed by atoms with Gasteiger partial charge in [-0.2, -0.15) is 5.10 Å². The smallest absolute Gasteiger partial charge is 0.191 e. The van der Waals surface area contributed by atoms with Crippen LogP contribution < -0.4 is 10.6 Å². The molecule has 0 aliphatic rings. The van der Waals surface area contributed by atoms with Gasteiger partial charge in [-0.3, -0.25) is 4.68 Å². The maximum absolute atomic E-state index is 6.06. The largest absolute Gasteiger partial charge is 0.357 e. The van der Waals surface area contributed by atoms with Crippen LogP contribution in [-0.4, -0.2) is 26.9 Å². The molecule has 0 spiro atoms. The highest BCUT2D eigenvalue weighted by atomic mass is 127. The fraction of sp³-hybridized carbons (Fsp3) is 0.429. The van der Waals surface area contributed by atoms with Gasteiger partial charge in [0.05, 0.1) is 23.8 Å². The van der Waals surface area contributed by atoms with Crippen molar-refractivity contribution in [2.24, 2.45) is 19.1 Å². The first-order valence-corrected chi connectivity index (χ1v) is 7.77. The van der Waals surface area contributed by atoms with Gasteiger partial charge in [0.25, 0.3) is 0 Å². The number of guanidine groups is 1. The van der Waals surface area contributed by atoms with Crippen LogP contribution in [0.15, 0.2) is 23.3 Å². The molecule has 2 aromatic heterocycles. The van der Waals surface area contributed by atoms with Gasteiger partial charge >= 0.3 is 0 Å². The molecule has 2 aromatic rings. The van der Waals surface area contributed by atoms with Gasteiger partial charge in [0, 0.05) is 32.5 Å². The molecule has 0 fully saturated rings. The van der Waals surface area contributed by atoms with Crippen molar-refractivity contribution < 1.29 is 0 Å². The highest BCUT2D eigenvalue weighted by Crippen LogP contribution is 2.25. The topological polar surface area (TPSA) is 59.2 Å². The maximum atomic E-state index is 6.06. The first-order valence-electron chi connectivity index (χ1n) is 7.01. The maximum Gasteiger partial charge on any atom is 0.191 e. The number of halogens is 3. The third-order valence-corrected chi connectivity index (χ3v) is 4.16. The summed E-state index contributed by atoms with van der Waals surface area (Å²) in [7, 11) is 3.78. The second kappa shape index (κ2) is 9.39. The second-order valence-corrected chi connectivity index (χ2v) is 5.59. The molecule has 23 heavy (non-hydrogen) atoms. The molecule has 0 aliphatic carbocycles. The van der Waals surface area contributed by atoms with Crippen LogP contribution in [0.3, 0.4) is 0 Å². The Hall–Kier alpha value is -0.930. The molecule has 0 bridgehead atoms. The van der Waals surface area contributed by atoms with E-state index in [1.54, 1.807) is 6.20 Å². The molecule has 2 N–H and O–H groups in total. The zero-order valence-corrected chi connectivity index (χ0v) is 17.1. The van der Waals surface area contributed by atoms with Crippen molar-refractivity contribution in [2.75, 3.05) is 6.54 Å². The van der Waals surface area contributed by atoms with Crippen LogP contribution in [0.2, 0.25) is 10.2 Å². The van der Waals surface area contributed by atoms with E-state index in [0.29, 0.717) is 23.3 Å². The number of nitrogens with zero attached hydrogens (tertiary/aromatic N) is 4. The average molecular weight is 471 g/mol. The van der Waals surface area contributed by atoms with Gasteiger partial charge in [0.2, 0.25) is 0 Å². The van der Waals surface area contributed by atoms with Crippen LogP contribution >= 0.6 is 47.2 Å². The summed E-state index contributed by atoms with van der Waals surface area (Å²) < 4.78 is 3.66. The minimum atomic E-state index is 0. The first-order chi connectivity index (χ1) is 10.5. The molecule has 6 nitrogen and oxygen atoms in total. The van der Waals surface area contributed by atoms with E-state index in [1.165, 1.54) is 0 Å². The van der Waals surface area contributed by atoms with Crippen LogP contribution in [0, 0.1) is 0 Å². The van der Waals surface area contributed by atoms with Crippen LogP contribution in [0.25, 0.3) is 0 Å². The summed E-state index contributed by atoms with van der Waals surface area (Å²) in [5, 5.41) is 11.7.